The first-order valence-electron chi connectivity index (χ1n) is 11.1. The zero-order valence-electron chi connectivity index (χ0n) is 18.3. The molecule has 4 N–H and O–H groups in total. The number of nitrogens with zero attached hydrogens (tertiary/aromatic N) is 5. The van der Waals surface area contributed by atoms with E-state index in [0.717, 1.165) is 54.0 Å². The van der Waals surface area contributed by atoms with Crippen LogP contribution in [0.4, 0.5) is 17.5 Å². The number of pyridine rings is 1. The molecule has 0 amide bonds. The molecule has 32 heavy (non-hydrogen) atoms. The second-order valence-corrected chi connectivity index (χ2v) is 8.60. The summed E-state index contributed by atoms with van der Waals surface area (Å²) >= 11 is 0. The van der Waals surface area contributed by atoms with Gasteiger partial charge in [0.1, 0.15) is 5.69 Å². The number of furan rings is 1. The van der Waals surface area contributed by atoms with Gasteiger partial charge < -0.3 is 25.4 Å². The van der Waals surface area contributed by atoms with Gasteiger partial charge in [0, 0.05) is 18.1 Å². The second kappa shape index (κ2) is 8.58. The predicted molar refractivity (Wildman–Crippen MR) is 125 cm³/mol. The summed E-state index contributed by atoms with van der Waals surface area (Å²) in [6.07, 6.45) is 9.29. The first-order valence-corrected chi connectivity index (χ1v) is 11.1. The molecule has 9 heteroatoms. The van der Waals surface area contributed by atoms with Crippen molar-refractivity contribution in [1.82, 2.24) is 24.5 Å². The number of imidazole rings is 1. The molecule has 0 bridgehead atoms. The fourth-order valence-electron chi connectivity index (χ4n) is 4.07. The van der Waals surface area contributed by atoms with Crippen LogP contribution in [0.5, 0.6) is 0 Å². The number of fused-ring (bicyclic) bond motifs is 1. The summed E-state index contributed by atoms with van der Waals surface area (Å²) in [4.78, 5) is 18.7. The molecule has 9 nitrogen and oxygen atoms in total. The molecule has 5 rings (SSSR count). The minimum atomic E-state index is 0.234. The van der Waals surface area contributed by atoms with E-state index in [1.54, 1.807) is 12.5 Å². The molecule has 0 saturated heterocycles. The van der Waals surface area contributed by atoms with E-state index in [1.807, 2.05) is 30.6 Å². The molecule has 1 aliphatic rings. The standard InChI is InChI=1S/C23H28N8O/c1-14(2)31-13-26-20-21(27-17-9-10-18(25-12-17)19-4-3-11-32-19)29-23(30-22(20)31)28-16-7-5-15(24)6-8-16/h3-4,9-16H,5-8,24H2,1-2H3,(H2,27,28,29,30). The van der Waals surface area contributed by atoms with E-state index in [-0.39, 0.29) is 6.04 Å². The molecule has 0 aliphatic heterocycles. The molecule has 166 valence electrons. The molecule has 4 heterocycles. The highest BCUT2D eigenvalue weighted by atomic mass is 16.3. The zero-order chi connectivity index (χ0) is 22.1. The largest absolute Gasteiger partial charge is 0.463 e. The minimum absolute atomic E-state index is 0.234. The second-order valence-electron chi connectivity index (χ2n) is 8.60. The summed E-state index contributed by atoms with van der Waals surface area (Å²) in [6.45, 7) is 4.23. The van der Waals surface area contributed by atoms with Gasteiger partial charge in [0.15, 0.2) is 22.7 Å². The van der Waals surface area contributed by atoms with E-state index in [0.29, 0.717) is 23.8 Å². The number of hydrogen-bond acceptors (Lipinski definition) is 8. The van der Waals surface area contributed by atoms with E-state index in [4.69, 9.17) is 20.1 Å². The average Bonchev–Trinajstić information content (AvgIpc) is 3.46. The lowest BCUT2D eigenvalue weighted by Crippen LogP contribution is -2.33. The maximum atomic E-state index is 6.06. The van der Waals surface area contributed by atoms with Crippen molar-refractivity contribution in [3.8, 4) is 11.5 Å². The molecule has 0 radical (unpaired) electrons. The Labute approximate surface area is 186 Å². The van der Waals surface area contributed by atoms with Crippen LogP contribution in [0.1, 0.15) is 45.6 Å². The van der Waals surface area contributed by atoms with Crippen LogP contribution in [-0.2, 0) is 0 Å². The topological polar surface area (TPSA) is 120 Å². The van der Waals surface area contributed by atoms with Gasteiger partial charge in [-0.1, -0.05) is 0 Å². The van der Waals surface area contributed by atoms with E-state index in [1.165, 1.54) is 0 Å². The summed E-state index contributed by atoms with van der Waals surface area (Å²) in [5.74, 6) is 1.98. The zero-order valence-corrected chi connectivity index (χ0v) is 18.3. The Morgan fingerprint density at radius 2 is 1.94 bits per heavy atom. The first kappa shape index (κ1) is 20.4. The van der Waals surface area contributed by atoms with Crippen molar-refractivity contribution in [2.45, 2.75) is 57.7 Å². The molecular formula is C23H28N8O. The van der Waals surface area contributed by atoms with Gasteiger partial charge in [0.2, 0.25) is 5.95 Å². The van der Waals surface area contributed by atoms with Crippen molar-refractivity contribution in [2.75, 3.05) is 10.6 Å². The Morgan fingerprint density at radius 3 is 2.62 bits per heavy atom. The monoisotopic (exact) mass is 432 g/mol. The van der Waals surface area contributed by atoms with Gasteiger partial charge in [0.05, 0.1) is 24.5 Å². The van der Waals surface area contributed by atoms with E-state index in [9.17, 15) is 0 Å². The highest BCUT2D eigenvalue weighted by Gasteiger charge is 2.21. The molecule has 1 fully saturated rings. The average molecular weight is 433 g/mol. The number of nitrogens with one attached hydrogen (secondary N) is 2. The quantitative estimate of drug-likeness (QED) is 0.408. The van der Waals surface area contributed by atoms with Crippen molar-refractivity contribution in [3.63, 3.8) is 0 Å². The third kappa shape index (κ3) is 4.16. The third-order valence-electron chi connectivity index (χ3n) is 5.88. The van der Waals surface area contributed by atoms with Crippen LogP contribution < -0.4 is 16.4 Å². The van der Waals surface area contributed by atoms with Crippen molar-refractivity contribution in [3.05, 3.63) is 43.1 Å². The van der Waals surface area contributed by atoms with Gasteiger partial charge in [-0.3, -0.25) is 4.98 Å². The van der Waals surface area contributed by atoms with Crippen molar-refractivity contribution in [1.29, 1.82) is 0 Å². The Hall–Kier alpha value is -3.46. The lowest BCUT2D eigenvalue weighted by molar-refractivity contribution is 0.410. The molecule has 4 aromatic heterocycles. The smallest absolute Gasteiger partial charge is 0.227 e. The fraction of sp³-hybridized carbons (Fsp3) is 0.391. The Kier molecular flexibility index (Phi) is 5.48. The van der Waals surface area contributed by atoms with Crippen molar-refractivity contribution in [2.24, 2.45) is 5.73 Å². The summed E-state index contributed by atoms with van der Waals surface area (Å²) in [6, 6.07) is 8.46. The van der Waals surface area contributed by atoms with Crippen LogP contribution in [0, 0.1) is 0 Å². The summed E-state index contributed by atoms with van der Waals surface area (Å²) in [5, 5.41) is 6.89. The lowest BCUT2D eigenvalue weighted by atomic mass is 9.92. The maximum absolute atomic E-state index is 6.06. The first-order chi connectivity index (χ1) is 15.6. The van der Waals surface area contributed by atoms with E-state index in [2.05, 4.69) is 39.0 Å². The van der Waals surface area contributed by atoms with Gasteiger partial charge in [-0.15, -0.1) is 0 Å². The molecule has 1 saturated carbocycles. The molecule has 0 unspecified atom stereocenters. The van der Waals surface area contributed by atoms with E-state index < -0.39 is 0 Å². The summed E-state index contributed by atoms with van der Waals surface area (Å²) in [7, 11) is 0. The number of anilines is 3. The van der Waals surface area contributed by atoms with Crippen molar-refractivity contribution < 1.29 is 4.42 Å². The van der Waals surface area contributed by atoms with Crippen molar-refractivity contribution >= 4 is 28.6 Å². The number of nitrogens with two attached hydrogens (primary N) is 1. The Balaban J connectivity index is 1.45. The normalized spacial score (nSPS) is 18.9. The predicted octanol–water partition coefficient (Wildman–Crippen LogP) is 4.49. The van der Waals surface area contributed by atoms with Gasteiger partial charge in [-0.05, 0) is 63.8 Å². The Morgan fingerprint density at radius 1 is 1.09 bits per heavy atom. The molecule has 1 aliphatic carbocycles. The Bertz CT molecular complexity index is 1170. The number of aromatic nitrogens is 5. The van der Waals surface area contributed by atoms with Crippen LogP contribution in [-0.4, -0.2) is 36.6 Å². The molecule has 4 aromatic rings. The minimum Gasteiger partial charge on any atom is -0.463 e. The molecular weight excluding hydrogens is 404 g/mol. The summed E-state index contributed by atoms with van der Waals surface area (Å²) in [5.41, 5.74) is 9.18. The summed E-state index contributed by atoms with van der Waals surface area (Å²) < 4.78 is 7.48. The van der Waals surface area contributed by atoms with Gasteiger partial charge in [-0.2, -0.15) is 9.97 Å². The van der Waals surface area contributed by atoms with Crippen LogP contribution in [0.2, 0.25) is 0 Å². The highest BCUT2D eigenvalue weighted by Crippen LogP contribution is 2.28. The highest BCUT2D eigenvalue weighted by molar-refractivity contribution is 5.86. The lowest BCUT2D eigenvalue weighted by Gasteiger charge is -2.27. The number of hydrogen-bond donors (Lipinski definition) is 3. The van der Waals surface area contributed by atoms with Gasteiger partial charge >= 0.3 is 0 Å². The molecule has 0 aromatic carbocycles. The third-order valence-corrected chi connectivity index (χ3v) is 5.88. The SMILES string of the molecule is CC(C)n1cnc2c(Nc3ccc(-c4ccco4)nc3)nc(NC3CCC(N)CC3)nc21. The van der Waals surface area contributed by atoms with Crippen LogP contribution in [0.25, 0.3) is 22.6 Å². The van der Waals surface area contributed by atoms with Gasteiger partial charge in [-0.25, -0.2) is 4.98 Å². The fourth-order valence-corrected chi connectivity index (χ4v) is 4.07. The maximum Gasteiger partial charge on any atom is 0.227 e. The van der Waals surface area contributed by atoms with Gasteiger partial charge in [0.25, 0.3) is 0 Å². The van der Waals surface area contributed by atoms with Crippen LogP contribution in [0.15, 0.2) is 47.5 Å². The van der Waals surface area contributed by atoms with Crippen LogP contribution in [0.3, 0.4) is 0 Å². The number of rotatable bonds is 6. The van der Waals surface area contributed by atoms with E-state index >= 15 is 0 Å². The molecule has 0 atom stereocenters. The van der Waals surface area contributed by atoms with Crippen LogP contribution >= 0.6 is 0 Å². The molecule has 0 spiro atoms.